The van der Waals surface area contributed by atoms with Gasteiger partial charge in [0.25, 0.3) is 15.9 Å². The molecule has 0 spiro atoms. The summed E-state index contributed by atoms with van der Waals surface area (Å²) in [6.07, 6.45) is 0. The van der Waals surface area contributed by atoms with Crippen molar-refractivity contribution in [3.05, 3.63) is 39.9 Å². The second-order valence-corrected chi connectivity index (χ2v) is 8.52. The molecule has 1 atom stereocenters. The number of hydrogen-bond donors (Lipinski definition) is 2. The minimum Gasteiger partial charge on any atom is -0.467 e. The Labute approximate surface area is 159 Å². The maximum absolute atomic E-state index is 12.4. The number of ether oxygens (including phenoxy) is 1. The molecule has 0 aliphatic carbocycles. The molecule has 0 fully saturated rings. The molecule has 0 saturated heterocycles. The molecule has 0 radical (unpaired) electrons. The minimum absolute atomic E-state index is 0.0140. The number of hydrogen-bond acceptors (Lipinski definition) is 7. The molecule has 2 aromatic rings. The highest BCUT2D eigenvalue weighted by molar-refractivity contribution is 7.93. The van der Waals surface area contributed by atoms with Gasteiger partial charge in [0.2, 0.25) is 0 Å². The van der Waals surface area contributed by atoms with E-state index >= 15 is 0 Å². The molecule has 1 aromatic carbocycles. The summed E-state index contributed by atoms with van der Waals surface area (Å²) in [6.45, 7) is 3.09. The molecule has 0 saturated carbocycles. The first-order valence-electron chi connectivity index (χ1n) is 7.28. The topological polar surface area (TPSA) is 114 Å². The highest BCUT2D eigenvalue weighted by Crippen LogP contribution is 2.25. The number of rotatable bonds is 6. The van der Waals surface area contributed by atoms with Gasteiger partial charge in [0, 0.05) is 9.90 Å². The highest BCUT2D eigenvalue weighted by atomic mass is 35.5. The monoisotopic (exact) mass is 417 g/mol. The van der Waals surface area contributed by atoms with Crippen molar-refractivity contribution in [3.63, 3.8) is 0 Å². The van der Waals surface area contributed by atoms with Crippen molar-refractivity contribution in [1.82, 2.24) is 10.3 Å². The standard InChI is InChI=1S/C15H16ClN3O5S2/c1-8(14(21)24-3)17-13(20)12-9(2)25-15(18-12)19-26(22,23)11-6-4-10(16)5-7-11/h4-8H,1-3H3,(H,17,20)(H,18,19)/t8-/m1/s1. The third-order valence-electron chi connectivity index (χ3n) is 3.26. The number of nitrogens with one attached hydrogen (secondary N) is 2. The van der Waals surface area contributed by atoms with Gasteiger partial charge in [-0.3, -0.25) is 9.52 Å². The number of thiazole rings is 1. The van der Waals surface area contributed by atoms with Gasteiger partial charge >= 0.3 is 5.97 Å². The van der Waals surface area contributed by atoms with E-state index in [0.717, 1.165) is 11.3 Å². The molecule has 2 N–H and O–H groups in total. The van der Waals surface area contributed by atoms with Crippen molar-refractivity contribution in [2.75, 3.05) is 11.8 Å². The Balaban J connectivity index is 2.18. The van der Waals surface area contributed by atoms with Crippen LogP contribution in [-0.4, -0.2) is 38.4 Å². The number of benzene rings is 1. The normalized spacial score (nSPS) is 12.3. The van der Waals surface area contributed by atoms with Gasteiger partial charge < -0.3 is 10.1 Å². The van der Waals surface area contributed by atoms with E-state index in [1.165, 1.54) is 38.3 Å². The van der Waals surface area contributed by atoms with Gasteiger partial charge in [-0.25, -0.2) is 18.2 Å². The first kappa shape index (κ1) is 20.1. The number of esters is 1. The van der Waals surface area contributed by atoms with Crippen LogP contribution in [0.25, 0.3) is 0 Å². The Morgan fingerprint density at radius 2 is 1.88 bits per heavy atom. The first-order valence-corrected chi connectivity index (χ1v) is 9.96. The zero-order valence-corrected chi connectivity index (χ0v) is 16.5. The van der Waals surface area contributed by atoms with Crippen molar-refractivity contribution >= 4 is 50.0 Å². The summed E-state index contributed by atoms with van der Waals surface area (Å²) in [6, 6.07) is 4.77. The fraction of sp³-hybridized carbons (Fsp3) is 0.267. The zero-order valence-electron chi connectivity index (χ0n) is 14.1. The maximum atomic E-state index is 12.4. The van der Waals surface area contributed by atoms with Crippen molar-refractivity contribution < 1.29 is 22.7 Å². The minimum atomic E-state index is -3.87. The van der Waals surface area contributed by atoms with Crippen molar-refractivity contribution in [2.45, 2.75) is 24.8 Å². The fourth-order valence-corrected chi connectivity index (χ4v) is 4.11. The number of halogens is 1. The predicted octanol–water partition coefficient (Wildman–Crippen LogP) is 2.20. The van der Waals surface area contributed by atoms with Crippen LogP contribution in [0.4, 0.5) is 5.13 Å². The first-order chi connectivity index (χ1) is 12.1. The number of carbonyl (C=O) groups excluding carboxylic acids is 2. The van der Waals surface area contributed by atoms with Gasteiger partial charge in [-0.05, 0) is 38.1 Å². The second kappa shape index (κ2) is 8.02. The summed E-state index contributed by atoms with van der Waals surface area (Å²) in [5, 5.41) is 2.89. The lowest BCUT2D eigenvalue weighted by Gasteiger charge is -2.10. The van der Waals surface area contributed by atoms with E-state index in [1.54, 1.807) is 6.92 Å². The lowest BCUT2D eigenvalue weighted by molar-refractivity contribution is -0.142. The van der Waals surface area contributed by atoms with E-state index in [2.05, 4.69) is 19.8 Å². The summed E-state index contributed by atoms with van der Waals surface area (Å²) < 4.78 is 31.6. The molecular formula is C15H16ClN3O5S2. The number of methoxy groups -OCH3 is 1. The number of aromatic nitrogens is 1. The Kier molecular flexibility index (Phi) is 6.21. The number of nitrogens with zero attached hydrogens (tertiary/aromatic N) is 1. The summed E-state index contributed by atoms with van der Waals surface area (Å²) in [5.74, 6) is -1.21. The highest BCUT2D eigenvalue weighted by Gasteiger charge is 2.23. The Morgan fingerprint density at radius 1 is 1.27 bits per heavy atom. The Bertz CT molecular complexity index is 925. The molecule has 8 nitrogen and oxygen atoms in total. The number of aryl methyl sites for hydroxylation is 1. The molecule has 0 bridgehead atoms. The van der Waals surface area contributed by atoms with Crippen molar-refractivity contribution in [3.8, 4) is 0 Å². The molecule has 26 heavy (non-hydrogen) atoms. The van der Waals surface area contributed by atoms with E-state index in [9.17, 15) is 18.0 Å². The van der Waals surface area contributed by atoms with Crippen LogP contribution in [0.15, 0.2) is 29.2 Å². The van der Waals surface area contributed by atoms with Gasteiger partial charge in [0.05, 0.1) is 12.0 Å². The molecule has 0 unspecified atom stereocenters. The van der Waals surface area contributed by atoms with E-state index in [4.69, 9.17) is 11.6 Å². The van der Waals surface area contributed by atoms with Crippen LogP contribution in [-0.2, 0) is 19.6 Å². The van der Waals surface area contributed by atoms with Crippen LogP contribution in [0.5, 0.6) is 0 Å². The van der Waals surface area contributed by atoms with Crippen LogP contribution >= 0.6 is 22.9 Å². The van der Waals surface area contributed by atoms with Gasteiger partial charge in [-0.1, -0.05) is 11.6 Å². The summed E-state index contributed by atoms with van der Waals surface area (Å²) in [7, 11) is -2.66. The number of amides is 1. The number of carbonyl (C=O) groups is 2. The molecule has 1 heterocycles. The lowest BCUT2D eigenvalue weighted by Crippen LogP contribution is -2.39. The van der Waals surface area contributed by atoms with Crippen LogP contribution in [0.1, 0.15) is 22.3 Å². The van der Waals surface area contributed by atoms with Crippen LogP contribution in [0, 0.1) is 6.92 Å². The summed E-state index contributed by atoms with van der Waals surface area (Å²) in [5.41, 5.74) is 0.0274. The molecular weight excluding hydrogens is 402 g/mol. The molecule has 2 rings (SSSR count). The number of sulfonamides is 1. The van der Waals surface area contributed by atoms with Crippen molar-refractivity contribution in [2.24, 2.45) is 0 Å². The molecule has 140 valence electrons. The average molecular weight is 418 g/mol. The number of anilines is 1. The smallest absolute Gasteiger partial charge is 0.328 e. The van der Waals surface area contributed by atoms with Crippen LogP contribution in [0.3, 0.4) is 0 Å². The van der Waals surface area contributed by atoms with E-state index in [-0.39, 0.29) is 15.7 Å². The molecule has 0 aliphatic rings. The van der Waals surface area contributed by atoms with Crippen LogP contribution < -0.4 is 10.0 Å². The molecule has 11 heteroatoms. The second-order valence-electron chi connectivity index (χ2n) is 5.20. The maximum Gasteiger partial charge on any atom is 0.328 e. The van der Waals surface area contributed by atoms with E-state index in [0.29, 0.717) is 9.90 Å². The van der Waals surface area contributed by atoms with Gasteiger partial charge in [-0.2, -0.15) is 0 Å². The van der Waals surface area contributed by atoms with Crippen LogP contribution in [0.2, 0.25) is 5.02 Å². The van der Waals surface area contributed by atoms with E-state index in [1.807, 2.05) is 0 Å². The summed E-state index contributed by atoms with van der Waals surface area (Å²) >= 11 is 6.76. The molecule has 1 aromatic heterocycles. The Morgan fingerprint density at radius 3 is 2.46 bits per heavy atom. The fourth-order valence-electron chi connectivity index (χ4n) is 1.94. The molecule has 1 amide bonds. The lowest BCUT2D eigenvalue weighted by atomic mass is 10.3. The SMILES string of the molecule is COC(=O)[C@@H](C)NC(=O)c1nc(NS(=O)(=O)c2ccc(Cl)cc2)sc1C. The van der Waals surface area contributed by atoms with Gasteiger partial charge in [-0.15, -0.1) is 11.3 Å². The van der Waals surface area contributed by atoms with Gasteiger partial charge in [0.1, 0.15) is 11.7 Å². The van der Waals surface area contributed by atoms with E-state index < -0.39 is 27.9 Å². The van der Waals surface area contributed by atoms with Crippen molar-refractivity contribution in [1.29, 1.82) is 0 Å². The molecule has 0 aliphatic heterocycles. The summed E-state index contributed by atoms with van der Waals surface area (Å²) in [4.78, 5) is 28.1. The Hall–Kier alpha value is -2.17. The quantitative estimate of drug-likeness (QED) is 0.696. The average Bonchev–Trinajstić information content (AvgIpc) is 2.94. The third-order valence-corrected chi connectivity index (χ3v) is 5.88. The predicted molar refractivity (Wildman–Crippen MR) is 98.1 cm³/mol. The zero-order chi connectivity index (χ0) is 19.5. The van der Waals surface area contributed by atoms with Gasteiger partial charge in [0.15, 0.2) is 5.13 Å². The largest absolute Gasteiger partial charge is 0.467 e. The third kappa shape index (κ3) is 4.71.